The lowest BCUT2D eigenvalue weighted by molar-refractivity contribution is -0.160. The van der Waals surface area contributed by atoms with E-state index in [9.17, 15) is 9.59 Å². The van der Waals surface area contributed by atoms with Crippen molar-refractivity contribution in [3.63, 3.8) is 0 Å². The Balaban J connectivity index is 3.48. The van der Waals surface area contributed by atoms with Crippen LogP contribution in [-0.4, -0.2) is 36.4 Å². The molecule has 5 heteroatoms. The lowest BCUT2D eigenvalue weighted by Crippen LogP contribution is -2.28. The number of ether oxygens (including phenoxy) is 2. The molecular weight excluding hydrogens is 404 g/mol. The predicted octanol–water partition coefficient (Wildman–Crippen LogP) is 6.60. The second-order valence-electron chi connectivity index (χ2n) is 8.14. The van der Waals surface area contributed by atoms with E-state index in [0.717, 1.165) is 38.5 Å². The molecule has 0 spiro atoms. The molecular formula is C27H46O5. The van der Waals surface area contributed by atoms with E-state index >= 15 is 0 Å². The zero-order chi connectivity index (χ0) is 23.7. The molecule has 0 rings (SSSR count). The van der Waals surface area contributed by atoms with E-state index in [-0.39, 0.29) is 19.2 Å². The molecule has 0 saturated heterocycles. The molecule has 0 saturated carbocycles. The molecule has 0 aliphatic carbocycles. The van der Waals surface area contributed by atoms with Gasteiger partial charge < -0.3 is 14.6 Å². The van der Waals surface area contributed by atoms with E-state index in [2.05, 4.69) is 43.4 Å². The topological polar surface area (TPSA) is 72.8 Å². The van der Waals surface area contributed by atoms with Gasteiger partial charge in [-0.25, -0.2) is 0 Å². The van der Waals surface area contributed by atoms with Crippen LogP contribution in [0.15, 0.2) is 36.5 Å². The highest BCUT2D eigenvalue weighted by Crippen LogP contribution is 2.10. The Morgan fingerprint density at radius 2 is 1.31 bits per heavy atom. The summed E-state index contributed by atoms with van der Waals surface area (Å²) in [5.41, 5.74) is 0. The molecule has 5 nitrogen and oxygen atoms in total. The Labute approximate surface area is 196 Å². The molecule has 1 unspecified atom stereocenters. The fourth-order valence-corrected chi connectivity index (χ4v) is 3.11. The van der Waals surface area contributed by atoms with Crippen LogP contribution in [0.4, 0.5) is 0 Å². The quantitative estimate of drug-likeness (QED) is 0.121. The van der Waals surface area contributed by atoms with Crippen molar-refractivity contribution >= 4 is 11.9 Å². The van der Waals surface area contributed by atoms with Crippen LogP contribution in [0.5, 0.6) is 0 Å². The first-order valence-corrected chi connectivity index (χ1v) is 12.5. The first-order valence-electron chi connectivity index (χ1n) is 12.5. The first kappa shape index (κ1) is 30.1. The number of aliphatic hydroxyl groups is 1. The van der Waals surface area contributed by atoms with Crippen molar-refractivity contribution in [2.24, 2.45) is 0 Å². The van der Waals surface area contributed by atoms with Crippen LogP contribution in [0.2, 0.25) is 0 Å². The maximum atomic E-state index is 11.7. The third-order valence-corrected chi connectivity index (χ3v) is 4.99. The third-order valence-electron chi connectivity index (χ3n) is 4.99. The monoisotopic (exact) mass is 450 g/mol. The molecule has 0 aliphatic rings. The van der Waals surface area contributed by atoms with Gasteiger partial charge in [-0.2, -0.15) is 0 Å². The maximum absolute atomic E-state index is 11.7. The Morgan fingerprint density at radius 3 is 1.88 bits per heavy atom. The van der Waals surface area contributed by atoms with Gasteiger partial charge in [0.05, 0.1) is 6.61 Å². The third kappa shape index (κ3) is 22.8. The van der Waals surface area contributed by atoms with Crippen molar-refractivity contribution in [3.8, 4) is 0 Å². The summed E-state index contributed by atoms with van der Waals surface area (Å²) in [6.07, 6.45) is 27.9. The van der Waals surface area contributed by atoms with E-state index in [1.807, 2.05) is 0 Å². The van der Waals surface area contributed by atoms with Crippen molar-refractivity contribution in [3.05, 3.63) is 36.5 Å². The molecule has 0 aromatic carbocycles. The summed E-state index contributed by atoms with van der Waals surface area (Å²) < 4.78 is 9.86. The van der Waals surface area contributed by atoms with Crippen molar-refractivity contribution in [2.75, 3.05) is 13.2 Å². The lowest BCUT2D eigenvalue weighted by atomic mass is 10.1. The number of hydrogen-bond donors (Lipinski definition) is 1. The van der Waals surface area contributed by atoms with Crippen LogP contribution in [-0.2, 0) is 19.1 Å². The second-order valence-corrected chi connectivity index (χ2v) is 8.14. The molecule has 0 aliphatic heterocycles. The van der Waals surface area contributed by atoms with E-state index < -0.39 is 12.1 Å². The SMILES string of the molecule is CCCCC/C=C\C/C=C\C/C=C\CCCCCCCCC(=O)OC(CO)COC(C)=O. The highest BCUT2D eigenvalue weighted by molar-refractivity contribution is 5.69. The van der Waals surface area contributed by atoms with Gasteiger partial charge in [0.1, 0.15) is 6.61 Å². The van der Waals surface area contributed by atoms with Crippen LogP contribution in [0.1, 0.15) is 104 Å². The average molecular weight is 451 g/mol. The van der Waals surface area contributed by atoms with Gasteiger partial charge in [0.15, 0.2) is 6.10 Å². The molecule has 0 fully saturated rings. The molecule has 184 valence electrons. The number of hydrogen-bond acceptors (Lipinski definition) is 5. The first-order chi connectivity index (χ1) is 15.6. The van der Waals surface area contributed by atoms with Crippen molar-refractivity contribution in [1.82, 2.24) is 0 Å². The predicted molar refractivity (Wildman–Crippen MR) is 131 cm³/mol. The highest BCUT2D eigenvalue weighted by Gasteiger charge is 2.14. The van der Waals surface area contributed by atoms with Crippen LogP contribution in [0, 0.1) is 0 Å². The van der Waals surface area contributed by atoms with Crippen LogP contribution in [0.3, 0.4) is 0 Å². The zero-order valence-electron chi connectivity index (χ0n) is 20.4. The second kappa shape index (κ2) is 23.8. The molecule has 0 aromatic heterocycles. The number of aliphatic hydroxyl groups excluding tert-OH is 1. The summed E-state index contributed by atoms with van der Waals surface area (Å²) >= 11 is 0. The number of allylic oxidation sites excluding steroid dienone is 6. The summed E-state index contributed by atoms with van der Waals surface area (Å²) in [6.45, 7) is 3.07. The largest absolute Gasteiger partial charge is 0.462 e. The molecule has 0 heterocycles. The molecule has 0 radical (unpaired) electrons. The van der Waals surface area contributed by atoms with Crippen LogP contribution in [0.25, 0.3) is 0 Å². The Morgan fingerprint density at radius 1 is 0.781 bits per heavy atom. The fourth-order valence-electron chi connectivity index (χ4n) is 3.11. The summed E-state index contributed by atoms with van der Waals surface area (Å²) in [5, 5.41) is 9.14. The minimum absolute atomic E-state index is 0.0984. The van der Waals surface area contributed by atoms with Crippen molar-refractivity contribution in [1.29, 1.82) is 0 Å². The zero-order valence-corrected chi connectivity index (χ0v) is 20.4. The molecule has 1 N–H and O–H groups in total. The summed E-state index contributed by atoms with van der Waals surface area (Å²) in [6, 6.07) is 0. The minimum Gasteiger partial charge on any atom is -0.462 e. The maximum Gasteiger partial charge on any atom is 0.306 e. The smallest absolute Gasteiger partial charge is 0.306 e. The van der Waals surface area contributed by atoms with Gasteiger partial charge in [0.2, 0.25) is 0 Å². The van der Waals surface area contributed by atoms with Gasteiger partial charge in [-0.05, 0) is 44.9 Å². The Hall–Kier alpha value is -1.88. The van der Waals surface area contributed by atoms with Crippen molar-refractivity contribution < 1.29 is 24.2 Å². The van der Waals surface area contributed by atoms with Crippen molar-refractivity contribution in [2.45, 2.75) is 110 Å². The number of unbranched alkanes of at least 4 members (excludes halogenated alkanes) is 9. The fraction of sp³-hybridized carbons (Fsp3) is 0.704. The van der Waals surface area contributed by atoms with Gasteiger partial charge in [0.25, 0.3) is 0 Å². The van der Waals surface area contributed by atoms with E-state index in [0.29, 0.717) is 6.42 Å². The Kier molecular flexibility index (Phi) is 22.4. The number of carbonyl (C=O) groups excluding carboxylic acids is 2. The average Bonchev–Trinajstić information content (AvgIpc) is 2.78. The van der Waals surface area contributed by atoms with Gasteiger partial charge in [-0.15, -0.1) is 0 Å². The summed E-state index contributed by atoms with van der Waals surface area (Å²) in [5.74, 6) is -0.804. The molecule has 32 heavy (non-hydrogen) atoms. The Bertz CT molecular complexity index is 536. The lowest BCUT2D eigenvalue weighted by Gasteiger charge is -2.15. The van der Waals surface area contributed by atoms with Gasteiger partial charge in [0, 0.05) is 13.3 Å². The van der Waals surface area contributed by atoms with Crippen LogP contribution < -0.4 is 0 Å². The van der Waals surface area contributed by atoms with E-state index in [1.165, 1.54) is 51.9 Å². The molecule has 1 atom stereocenters. The summed E-state index contributed by atoms with van der Waals surface area (Å²) in [7, 11) is 0. The number of esters is 2. The highest BCUT2D eigenvalue weighted by atomic mass is 16.6. The normalized spacial score (nSPS) is 12.7. The molecule has 0 amide bonds. The van der Waals surface area contributed by atoms with Gasteiger partial charge in [-0.1, -0.05) is 81.9 Å². The standard InChI is InChI=1S/C27H46O5/c1-3-4-5-6-7-8-9-10-11-12-13-14-15-16-17-18-19-20-21-22-27(30)32-26(23-28)24-31-25(2)29/h7-8,10-11,13-14,26,28H,3-6,9,12,15-24H2,1-2H3/b8-7-,11-10-,14-13-. The van der Waals surface area contributed by atoms with Gasteiger partial charge >= 0.3 is 11.9 Å². The molecule has 0 bridgehead atoms. The van der Waals surface area contributed by atoms with E-state index in [1.54, 1.807) is 0 Å². The minimum atomic E-state index is -0.771. The van der Waals surface area contributed by atoms with Gasteiger partial charge in [-0.3, -0.25) is 9.59 Å². The summed E-state index contributed by atoms with van der Waals surface area (Å²) in [4.78, 5) is 22.5. The molecule has 0 aromatic rings. The number of rotatable bonds is 21. The van der Waals surface area contributed by atoms with E-state index in [4.69, 9.17) is 14.6 Å². The van der Waals surface area contributed by atoms with Crippen LogP contribution >= 0.6 is 0 Å². The number of carbonyl (C=O) groups is 2.